The van der Waals surface area contributed by atoms with Crippen LogP contribution in [-0.2, 0) is 11.3 Å². The number of benzene rings is 1. The normalized spacial score (nSPS) is 11.2. The Bertz CT molecular complexity index is 422. The number of rotatable bonds is 11. The molecule has 1 aromatic carbocycles. The standard InChI is InChI=1S/C19H33N3O.HI/c1-4-17(5-2)15-22-19(20-3)21-13-9-10-14-23-16-18-11-7-6-8-12-18;/h6-8,11-12,17H,4-5,9-10,13-16H2,1-3H3,(H2,20,21,22);1H. The van der Waals surface area contributed by atoms with Gasteiger partial charge in [-0.15, -0.1) is 24.0 Å². The predicted octanol–water partition coefficient (Wildman–Crippen LogP) is 4.20. The van der Waals surface area contributed by atoms with E-state index < -0.39 is 0 Å². The Morgan fingerprint density at radius 2 is 1.79 bits per heavy atom. The lowest BCUT2D eigenvalue weighted by molar-refractivity contribution is 0.117. The molecule has 0 atom stereocenters. The molecule has 0 saturated heterocycles. The molecular weight excluding hydrogens is 413 g/mol. The second-order valence-corrected chi connectivity index (χ2v) is 5.81. The van der Waals surface area contributed by atoms with E-state index in [-0.39, 0.29) is 24.0 Å². The largest absolute Gasteiger partial charge is 0.377 e. The average molecular weight is 447 g/mol. The molecule has 0 unspecified atom stereocenters. The third-order valence-electron chi connectivity index (χ3n) is 4.06. The molecule has 0 aliphatic heterocycles. The quantitative estimate of drug-likeness (QED) is 0.231. The first kappa shape index (κ1) is 23.2. The van der Waals surface area contributed by atoms with Crippen molar-refractivity contribution >= 4 is 29.9 Å². The summed E-state index contributed by atoms with van der Waals surface area (Å²) < 4.78 is 5.69. The summed E-state index contributed by atoms with van der Waals surface area (Å²) >= 11 is 0. The van der Waals surface area contributed by atoms with Crippen LogP contribution >= 0.6 is 24.0 Å². The van der Waals surface area contributed by atoms with Crippen LogP contribution in [0.2, 0.25) is 0 Å². The zero-order valence-electron chi connectivity index (χ0n) is 15.4. The summed E-state index contributed by atoms with van der Waals surface area (Å²) in [5, 5.41) is 6.77. The molecule has 138 valence electrons. The maximum Gasteiger partial charge on any atom is 0.190 e. The summed E-state index contributed by atoms with van der Waals surface area (Å²) in [5.41, 5.74) is 1.23. The van der Waals surface area contributed by atoms with Crippen molar-refractivity contribution < 1.29 is 4.74 Å². The minimum absolute atomic E-state index is 0. The average Bonchev–Trinajstić information content (AvgIpc) is 2.60. The molecule has 0 heterocycles. The molecule has 0 amide bonds. The molecule has 0 saturated carbocycles. The van der Waals surface area contributed by atoms with Crippen LogP contribution in [0.5, 0.6) is 0 Å². The van der Waals surface area contributed by atoms with E-state index in [1.807, 2.05) is 25.2 Å². The molecule has 0 radical (unpaired) electrons. The Balaban J connectivity index is 0.00000529. The first-order valence-corrected chi connectivity index (χ1v) is 8.86. The Morgan fingerprint density at radius 3 is 2.42 bits per heavy atom. The van der Waals surface area contributed by atoms with Crippen molar-refractivity contribution in [3.63, 3.8) is 0 Å². The number of hydrogen-bond donors (Lipinski definition) is 2. The van der Waals surface area contributed by atoms with E-state index in [1.54, 1.807) is 0 Å². The number of ether oxygens (including phenoxy) is 1. The summed E-state index contributed by atoms with van der Waals surface area (Å²) in [4.78, 5) is 4.27. The molecule has 24 heavy (non-hydrogen) atoms. The number of nitrogens with zero attached hydrogens (tertiary/aromatic N) is 1. The summed E-state index contributed by atoms with van der Waals surface area (Å²) in [7, 11) is 1.82. The number of hydrogen-bond acceptors (Lipinski definition) is 2. The number of unbranched alkanes of at least 4 members (excludes halogenated alkanes) is 1. The lowest BCUT2D eigenvalue weighted by atomic mass is 10.0. The van der Waals surface area contributed by atoms with Gasteiger partial charge in [-0.3, -0.25) is 4.99 Å². The van der Waals surface area contributed by atoms with Crippen LogP contribution in [0, 0.1) is 5.92 Å². The Labute approximate surface area is 164 Å². The van der Waals surface area contributed by atoms with Gasteiger partial charge in [0, 0.05) is 26.7 Å². The van der Waals surface area contributed by atoms with Crippen molar-refractivity contribution in [3.8, 4) is 0 Å². The van der Waals surface area contributed by atoms with Crippen LogP contribution in [0.25, 0.3) is 0 Å². The van der Waals surface area contributed by atoms with Gasteiger partial charge in [-0.2, -0.15) is 0 Å². The summed E-state index contributed by atoms with van der Waals surface area (Å²) in [6, 6.07) is 10.3. The van der Waals surface area contributed by atoms with Crippen molar-refractivity contribution in [3.05, 3.63) is 35.9 Å². The maximum atomic E-state index is 5.69. The lowest BCUT2D eigenvalue weighted by Crippen LogP contribution is -2.40. The molecule has 0 aliphatic rings. The molecule has 0 bridgehead atoms. The Kier molecular flexibility index (Phi) is 15.2. The van der Waals surface area contributed by atoms with Gasteiger partial charge in [0.15, 0.2) is 5.96 Å². The molecule has 0 spiro atoms. The van der Waals surface area contributed by atoms with Crippen LogP contribution in [0.4, 0.5) is 0 Å². The van der Waals surface area contributed by atoms with Crippen molar-refractivity contribution in [1.82, 2.24) is 10.6 Å². The van der Waals surface area contributed by atoms with Crippen LogP contribution in [0.15, 0.2) is 35.3 Å². The molecule has 0 aliphatic carbocycles. The van der Waals surface area contributed by atoms with Crippen LogP contribution in [0.1, 0.15) is 45.1 Å². The van der Waals surface area contributed by atoms with Gasteiger partial charge in [0.05, 0.1) is 6.61 Å². The zero-order valence-corrected chi connectivity index (χ0v) is 17.7. The third kappa shape index (κ3) is 10.9. The number of aliphatic imine (C=N–C) groups is 1. The van der Waals surface area contributed by atoms with Crippen LogP contribution in [-0.4, -0.2) is 32.7 Å². The second-order valence-electron chi connectivity index (χ2n) is 5.81. The van der Waals surface area contributed by atoms with Gasteiger partial charge in [0.2, 0.25) is 0 Å². The van der Waals surface area contributed by atoms with Gasteiger partial charge < -0.3 is 15.4 Å². The fourth-order valence-electron chi connectivity index (χ4n) is 2.34. The fraction of sp³-hybridized carbons (Fsp3) is 0.632. The molecular formula is C19H34IN3O. The SMILES string of the molecule is CCC(CC)CNC(=NC)NCCCCOCc1ccccc1.I. The van der Waals surface area contributed by atoms with Gasteiger partial charge in [-0.25, -0.2) is 0 Å². The monoisotopic (exact) mass is 447 g/mol. The third-order valence-corrected chi connectivity index (χ3v) is 4.06. The smallest absolute Gasteiger partial charge is 0.190 e. The van der Waals surface area contributed by atoms with E-state index >= 15 is 0 Å². The number of halogens is 1. The maximum absolute atomic E-state index is 5.69. The van der Waals surface area contributed by atoms with Crippen molar-refractivity contribution in [2.75, 3.05) is 26.7 Å². The number of nitrogens with one attached hydrogen (secondary N) is 2. The van der Waals surface area contributed by atoms with E-state index in [1.165, 1.54) is 18.4 Å². The fourth-order valence-corrected chi connectivity index (χ4v) is 2.34. The Hall–Kier alpha value is -0.820. The molecule has 5 heteroatoms. The van der Waals surface area contributed by atoms with E-state index in [0.717, 1.165) is 44.4 Å². The van der Waals surface area contributed by atoms with Crippen molar-refractivity contribution in [2.24, 2.45) is 10.9 Å². The van der Waals surface area contributed by atoms with Crippen molar-refractivity contribution in [2.45, 2.75) is 46.1 Å². The first-order valence-electron chi connectivity index (χ1n) is 8.86. The predicted molar refractivity (Wildman–Crippen MR) is 114 cm³/mol. The van der Waals surface area contributed by atoms with E-state index in [4.69, 9.17) is 4.74 Å². The molecule has 1 rings (SSSR count). The lowest BCUT2D eigenvalue weighted by Gasteiger charge is -2.16. The molecule has 4 nitrogen and oxygen atoms in total. The van der Waals surface area contributed by atoms with E-state index in [0.29, 0.717) is 6.61 Å². The van der Waals surface area contributed by atoms with Gasteiger partial charge in [-0.05, 0) is 24.3 Å². The second kappa shape index (κ2) is 15.7. The minimum atomic E-state index is 0. The summed E-state index contributed by atoms with van der Waals surface area (Å²) in [6.07, 6.45) is 4.56. The highest BCUT2D eigenvalue weighted by Gasteiger charge is 2.04. The van der Waals surface area contributed by atoms with E-state index in [2.05, 4.69) is 41.6 Å². The molecule has 0 fully saturated rings. The molecule has 0 aromatic heterocycles. The molecule has 2 N–H and O–H groups in total. The zero-order chi connectivity index (χ0) is 16.8. The summed E-state index contributed by atoms with van der Waals surface area (Å²) in [5.74, 6) is 1.63. The highest BCUT2D eigenvalue weighted by atomic mass is 127. The van der Waals surface area contributed by atoms with Gasteiger partial charge in [0.25, 0.3) is 0 Å². The Morgan fingerprint density at radius 1 is 1.08 bits per heavy atom. The van der Waals surface area contributed by atoms with Gasteiger partial charge >= 0.3 is 0 Å². The van der Waals surface area contributed by atoms with Gasteiger partial charge in [-0.1, -0.05) is 57.0 Å². The van der Waals surface area contributed by atoms with Crippen molar-refractivity contribution in [1.29, 1.82) is 0 Å². The minimum Gasteiger partial charge on any atom is -0.377 e. The van der Waals surface area contributed by atoms with E-state index in [9.17, 15) is 0 Å². The molecule has 1 aromatic rings. The highest BCUT2D eigenvalue weighted by molar-refractivity contribution is 14.0. The van der Waals surface area contributed by atoms with Gasteiger partial charge in [0.1, 0.15) is 0 Å². The summed E-state index contributed by atoms with van der Waals surface area (Å²) in [6.45, 7) is 7.90. The van der Waals surface area contributed by atoms with Crippen LogP contribution in [0.3, 0.4) is 0 Å². The number of guanidine groups is 1. The van der Waals surface area contributed by atoms with Crippen LogP contribution < -0.4 is 10.6 Å². The first-order chi connectivity index (χ1) is 11.3. The topological polar surface area (TPSA) is 45.7 Å². The highest BCUT2D eigenvalue weighted by Crippen LogP contribution is 2.04.